The van der Waals surface area contributed by atoms with Gasteiger partial charge in [0.25, 0.3) is 0 Å². The monoisotopic (exact) mass is 324 g/mol. The largest absolute Gasteiger partial charge is 0.471 e. The third kappa shape index (κ3) is 3.17. The number of amides is 1. The Morgan fingerprint density at radius 3 is 2.86 bits per heavy atom. The lowest BCUT2D eigenvalue weighted by Gasteiger charge is -2.20. The van der Waals surface area contributed by atoms with Gasteiger partial charge in [-0.1, -0.05) is 0 Å². The minimum Gasteiger partial charge on any atom is -0.471 e. The lowest BCUT2D eigenvalue weighted by molar-refractivity contribution is -0.131. The highest BCUT2D eigenvalue weighted by Gasteiger charge is 2.37. The van der Waals surface area contributed by atoms with Crippen LogP contribution in [-0.2, 0) is 4.79 Å². The third-order valence-corrected chi connectivity index (χ3v) is 4.52. The number of carbonyl (C=O) groups is 1. The Hall–Kier alpha value is -1.40. The lowest BCUT2D eigenvalue weighted by Crippen LogP contribution is -2.37. The molecular formula is C15H21ClN4O2. The SMILES string of the molecule is Cl.O=C1CCNC[C@H]2C[C@@H](Oc3cnc(C4CC4)cn3)CN12. The maximum Gasteiger partial charge on any atom is 0.232 e. The minimum absolute atomic E-state index is 0. The number of nitrogens with zero attached hydrogens (tertiary/aromatic N) is 3. The number of halogens is 1. The van der Waals surface area contributed by atoms with Crippen molar-refractivity contribution in [2.45, 2.75) is 43.7 Å². The Bertz CT molecular complexity index is 535. The number of ether oxygens (including phenoxy) is 1. The van der Waals surface area contributed by atoms with Crippen molar-refractivity contribution in [1.29, 1.82) is 0 Å². The topological polar surface area (TPSA) is 67.3 Å². The van der Waals surface area contributed by atoms with Crippen molar-refractivity contribution >= 4 is 18.3 Å². The molecule has 3 heterocycles. The summed E-state index contributed by atoms with van der Waals surface area (Å²) in [7, 11) is 0. The summed E-state index contributed by atoms with van der Waals surface area (Å²) in [4.78, 5) is 22.8. The average molecular weight is 325 g/mol. The van der Waals surface area contributed by atoms with E-state index in [9.17, 15) is 4.79 Å². The second-order valence-corrected chi connectivity index (χ2v) is 6.18. The molecule has 0 unspecified atom stereocenters. The summed E-state index contributed by atoms with van der Waals surface area (Å²) in [5.74, 6) is 1.41. The van der Waals surface area contributed by atoms with Crippen LogP contribution in [0.25, 0.3) is 0 Å². The van der Waals surface area contributed by atoms with Crippen LogP contribution in [0.3, 0.4) is 0 Å². The van der Waals surface area contributed by atoms with Gasteiger partial charge in [0.2, 0.25) is 11.8 Å². The number of hydrogen-bond donors (Lipinski definition) is 1. The molecule has 1 saturated carbocycles. The van der Waals surface area contributed by atoms with Gasteiger partial charge in [0.1, 0.15) is 6.10 Å². The van der Waals surface area contributed by atoms with Gasteiger partial charge in [-0.15, -0.1) is 12.4 Å². The average Bonchev–Trinajstić information content (AvgIpc) is 3.28. The van der Waals surface area contributed by atoms with E-state index in [1.54, 1.807) is 6.20 Å². The molecule has 2 saturated heterocycles. The molecule has 1 aliphatic carbocycles. The van der Waals surface area contributed by atoms with E-state index >= 15 is 0 Å². The maximum absolute atomic E-state index is 12.0. The van der Waals surface area contributed by atoms with Crippen molar-refractivity contribution in [2.24, 2.45) is 0 Å². The molecule has 2 aliphatic heterocycles. The molecule has 0 aromatic carbocycles. The summed E-state index contributed by atoms with van der Waals surface area (Å²) < 4.78 is 5.92. The molecule has 3 aliphatic rings. The van der Waals surface area contributed by atoms with Crippen LogP contribution in [0.2, 0.25) is 0 Å². The molecule has 0 radical (unpaired) electrons. The van der Waals surface area contributed by atoms with Crippen LogP contribution in [0, 0.1) is 0 Å². The highest BCUT2D eigenvalue weighted by atomic mass is 35.5. The Kier molecular flexibility index (Phi) is 4.49. The molecule has 6 nitrogen and oxygen atoms in total. The van der Waals surface area contributed by atoms with E-state index in [1.807, 2.05) is 11.1 Å². The van der Waals surface area contributed by atoms with Gasteiger partial charge in [0, 0.05) is 37.9 Å². The molecule has 0 bridgehead atoms. The van der Waals surface area contributed by atoms with E-state index in [0.29, 0.717) is 24.8 Å². The van der Waals surface area contributed by atoms with Crippen molar-refractivity contribution in [3.8, 4) is 5.88 Å². The Balaban J connectivity index is 0.00000144. The number of nitrogens with one attached hydrogen (secondary N) is 1. The first-order chi connectivity index (χ1) is 10.3. The van der Waals surface area contributed by atoms with Crippen LogP contribution in [-0.4, -0.2) is 52.6 Å². The fourth-order valence-electron chi connectivity index (χ4n) is 3.21. The molecule has 7 heteroatoms. The number of fused-ring (bicyclic) bond motifs is 1. The molecule has 2 atom stereocenters. The number of carbonyl (C=O) groups excluding carboxylic acids is 1. The minimum atomic E-state index is 0. The van der Waals surface area contributed by atoms with Crippen LogP contribution >= 0.6 is 12.4 Å². The predicted octanol–water partition coefficient (Wildman–Crippen LogP) is 1.12. The second-order valence-electron chi connectivity index (χ2n) is 6.18. The predicted molar refractivity (Wildman–Crippen MR) is 83.3 cm³/mol. The molecule has 4 rings (SSSR count). The van der Waals surface area contributed by atoms with Gasteiger partial charge in [-0.2, -0.15) is 0 Å². The highest BCUT2D eigenvalue weighted by molar-refractivity contribution is 5.85. The summed E-state index contributed by atoms with van der Waals surface area (Å²) in [6, 6.07) is 0.253. The molecule has 3 fully saturated rings. The number of hydrogen-bond acceptors (Lipinski definition) is 5. The first-order valence-electron chi connectivity index (χ1n) is 7.78. The van der Waals surface area contributed by atoms with Gasteiger partial charge in [-0.3, -0.25) is 9.78 Å². The quantitative estimate of drug-likeness (QED) is 0.902. The zero-order valence-corrected chi connectivity index (χ0v) is 13.2. The van der Waals surface area contributed by atoms with E-state index in [4.69, 9.17) is 4.74 Å². The number of aromatic nitrogens is 2. The fourth-order valence-corrected chi connectivity index (χ4v) is 3.21. The van der Waals surface area contributed by atoms with Crippen molar-refractivity contribution in [3.05, 3.63) is 18.1 Å². The van der Waals surface area contributed by atoms with Gasteiger partial charge in [0.05, 0.1) is 24.6 Å². The van der Waals surface area contributed by atoms with Gasteiger partial charge in [0.15, 0.2) is 0 Å². The van der Waals surface area contributed by atoms with Crippen molar-refractivity contribution in [1.82, 2.24) is 20.2 Å². The Morgan fingerprint density at radius 1 is 1.27 bits per heavy atom. The standard InChI is InChI=1S/C15H20N4O2.ClH/c20-15-3-4-16-6-11-5-12(9-19(11)15)21-14-8-17-13(7-18-14)10-1-2-10;/h7-8,10-12,16H,1-6,9H2;1H/t11-,12-;/m1./s1. The van der Waals surface area contributed by atoms with E-state index in [0.717, 1.165) is 25.2 Å². The zero-order valence-electron chi connectivity index (χ0n) is 12.4. The van der Waals surface area contributed by atoms with Crippen LogP contribution < -0.4 is 10.1 Å². The smallest absolute Gasteiger partial charge is 0.232 e. The second kappa shape index (κ2) is 6.38. The first kappa shape index (κ1) is 15.5. The van der Waals surface area contributed by atoms with Crippen molar-refractivity contribution in [2.75, 3.05) is 19.6 Å². The first-order valence-corrected chi connectivity index (χ1v) is 7.78. The van der Waals surface area contributed by atoms with E-state index in [1.165, 1.54) is 12.8 Å². The van der Waals surface area contributed by atoms with Gasteiger partial charge < -0.3 is 15.0 Å². The molecule has 1 aromatic rings. The van der Waals surface area contributed by atoms with E-state index in [2.05, 4.69) is 15.3 Å². The summed E-state index contributed by atoms with van der Waals surface area (Å²) in [5, 5.41) is 3.31. The van der Waals surface area contributed by atoms with Crippen molar-refractivity contribution in [3.63, 3.8) is 0 Å². The van der Waals surface area contributed by atoms with Crippen molar-refractivity contribution < 1.29 is 9.53 Å². The highest BCUT2D eigenvalue weighted by Crippen LogP contribution is 2.38. The molecule has 1 N–H and O–H groups in total. The summed E-state index contributed by atoms with van der Waals surface area (Å²) in [6.45, 7) is 2.31. The van der Waals surface area contributed by atoms with Gasteiger partial charge in [-0.05, 0) is 12.8 Å². The lowest BCUT2D eigenvalue weighted by atomic mass is 10.2. The Labute approximate surface area is 136 Å². The van der Waals surface area contributed by atoms with Gasteiger partial charge >= 0.3 is 0 Å². The van der Waals surface area contributed by atoms with Crippen LogP contribution in [0.4, 0.5) is 0 Å². The molecule has 1 aromatic heterocycles. The van der Waals surface area contributed by atoms with Crippen LogP contribution in [0.15, 0.2) is 12.4 Å². The fraction of sp³-hybridized carbons (Fsp3) is 0.667. The van der Waals surface area contributed by atoms with E-state index in [-0.39, 0.29) is 30.5 Å². The maximum atomic E-state index is 12.0. The van der Waals surface area contributed by atoms with Gasteiger partial charge in [-0.25, -0.2) is 4.98 Å². The molecule has 0 spiro atoms. The third-order valence-electron chi connectivity index (χ3n) is 4.52. The molecular weight excluding hydrogens is 304 g/mol. The zero-order chi connectivity index (χ0) is 14.2. The summed E-state index contributed by atoms with van der Waals surface area (Å²) >= 11 is 0. The van der Waals surface area contributed by atoms with Crippen LogP contribution in [0.1, 0.15) is 37.3 Å². The summed E-state index contributed by atoms with van der Waals surface area (Å²) in [5.41, 5.74) is 1.07. The molecule has 120 valence electrons. The Morgan fingerprint density at radius 2 is 2.14 bits per heavy atom. The number of rotatable bonds is 3. The van der Waals surface area contributed by atoms with Crippen LogP contribution in [0.5, 0.6) is 5.88 Å². The summed E-state index contributed by atoms with van der Waals surface area (Å²) in [6.07, 6.45) is 7.47. The molecule has 1 amide bonds. The normalized spacial score (nSPS) is 27.8. The molecule has 22 heavy (non-hydrogen) atoms. The van der Waals surface area contributed by atoms with E-state index < -0.39 is 0 Å².